The number of halogens is 2. The maximum absolute atomic E-state index is 13.3. The predicted octanol–water partition coefficient (Wildman–Crippen LogP) is 5.27. The second-order valence-corrected chi connectivity index (χ2v) is 6.72. The number of aryl methyl sites for hydroxylation is 2. The molecule has 2 aromatic rings. The van der Waals surface area contributed by atoms with Gasteiger partial charge in [0.15, 0.2) is 16.7 Å². The summed E-state index contributed by atoms with van der Waals surface area (Å²) in [6, 6.07) is 9.95. The fraction of sp³-hybridized carbons (Fsp3) is 0.316. The monoisotopic (exact) mass is 348 g/mol. The van der Waals surface area contributed by atoms with Crippen LogP contribution in [0.3, 0.4) is 0 Å². The standard InChI is InChI=1S/C19H22F2N2S/c1-11(2)18(15-7-5-12(3)9-13(15)4)23-19(24)22-14-6-8-16(20)17(21)10-14/h5-11,18H,1-4H3,(H2,22,23,24)/t18-/m0/s1. The summed E-state index contributed by atoms with van der Waals surface area (Å²) in [6.45, 7) is 8.35. The van der Waals surface area contributed by atoms with Crippen LogP contribution < -0.4 is 10.6 Å². The molecule has 0 saturated heterocycles. The first-order chi connectivity index (χ1) is 11.3. The van der Waals surface area contributed by atoms with Gasteiger partial charge < -0.3 is 10.6 Å². The van der Waals surface area contributed by atoms with E-state index in [1.165, 1.54) is 22.8 Å². The minimum Gasteiger partial charge on any atom is -0.355 e. The molecule has 0 unspecified atom stereocenters. The fourth-order valence-electron chi connectivity index (χ4n) is 2.66. The Labute approximate surface area is 147 Å². The summed E-state index contributed by atoms with van der Waals surface area (Å²) in [5.41, 5.74) is 3.98. The molecule has 2 N–H and O–H groups in total. The molecule has 0 bridgehead atoms. The van der Waals surface area contributed by atoms with E-state index < -0.39 is 11.6 Å². The van der Waals surface area contributed by atoms with Crippen molar-refractivity contribution in [1.29, 1.82) is 0 Å². The number of hydrogen-bond donors (Lipinski definition) is 2. The second kappa shape index (κ2) is 7.71. The van der Waals surface area contributed by atoms with Crippen molar-refractivity contribution < 1.29 is 8.78 Å². The van der Waals surface area contributed by atoms with Crippen LogP contribution in [0.2, 0.25) is 0 Å². The number of rotatable bonds is 4. The lowest BCUT2D eigenvalue weighted by molar-refractivity contribution is 0.471. The molecule has 0 amide bonds. The van der Waals surface area contributed by atoms with Gasteiger partial charge in [0.2, 0.25) is 0 Å². The van der Waals surface area contributed by atoms with E-state index in [1.54, 1.807) is 0 Å². The van der Waals surface area contributed by atoms with Crippen LogP contribution in [0, 0.1) is 31.4 Å². The average molecular weight is 348 g/mol. The topological polar surface area (TPSA) is 24.1 Å². The highest BCUT2D eigenvalue weighted by Gasteiger charge is 2.19. The molecular weight excluding hydrogens is 326 g/mol. The first-order valence-corrected chi connectivity index (χ1v) is 8.28. The van der Waals surface area contributed by atoms with Crippen molar-refractivity contribution in [2.45, 2.75) is 33.7 Å². The summed E-state index contributed by atoms with van der Waals surface area (Å²) in [5, 5.41) is 6.56. The van der Waals surface area contributed by atoms with Gasteiger partial charge in [0.1, 0.15) is 0 Å². The summed E-state index contributed by atoms with van der Waals surface area (Å²) in [6.07, 6.45) is 0. The first-order valence-electron chi connectivity index (χ1n) is 7.87. The quantitative estimate of drug-likeness (QED) is 0.737. The molecule has 0 spiro atoms. The van der Waals surface area contributed by atoms with Crippen molar-refractivity contribution in [3.05, 3.63) is 64.7 Å². The zero-order valence-electron chi connectivity index (χ0n) is 14.3. The van der Waals surface area contributed by atoms with Crippen molar-refractivity contribution >= 4 is 23.0 Å². The molecule has 24 heavy (non-hydrogen) atoms. The van der Waals surface area contributed by atoms with Crippen LogP contribution in [0.15, 0.2) is 36.4 Å². The van der Waals surface area contributed by atoms with Crippen LogP contribution >= 0.6 is 12.2 Å². The van der Waals surface area contributed by atoms with Gasteiger partial charge in [-0.3, -0.25) is 0 Å². The molecule has 0 aliphatic rings. The van der Waals surface area contributed by atoms with Gasteiger partial charge >= 0.3 is 0 Å². The van der Waals surface area contributed by atoms with E-state index in [-0.39, 0.29) is 6.04 Å². The highest BCUT2D eigenvalue weighted by molar-refractivity contribution is 7.80. The zero-order chi connectivity index (χ0) is 17.9. The Balaban J connectivity index is 2.15. The molecule has 5 heteroatoms. The van der Waals surface area contributed by atoms with Gasteiger partial charge in [0.05, 0.1) is 6.04 Å². The summed E-state index contributed by atoms with van der Waals surface area (Å²) < 4.78 is 26.3. The lowest BCUT2D eigenvalue weighted by Gasteiger charge is -2.26. The van der Waals surface area contributed by atoms with Gasteiger partial charge in [-0.25, -0.2) is 8.78 Å². The SMILES string of the molecule is Cc1ccc([C@@H](NC(=S)Nc2ccc(F)c(F)c2)C(C)C)c(C)c1. The highest BCUT2D eigenvalue weighted by Crippen LogP contribution is 2.25. The first kappa shape index (κ1) is 18.3. The molecule has 0 aliphatic carbocycles. The Bertz CT molecular complexity index is 744. The summed E-state index contributed by atoms with van der Waals surface area (Å²) in [5.74, 6) is -1.48. The zero-order valence-corrected chi connectivity index (χ0v) is 15.1. The number of benzene rings is 2. The number of thiocarbonyl (C=S) groups is 1. The smallest absolute Gasteiger partial charge is 0.171 e. The molecule has 0 aromatic heterocycles. The Hall–Kier alpha value is -2.01. The normalized spacial score (nSPS) is 12.1. The van der Waals surface area contributed by atoms with Gasteiger partial charge in [-0.2, -0.15) is 0 Å². The van der Waals surface area contributed by atoms with E-state index in [1.807, 2.05) is 0 Å². The van der Waals surface area contributed by atoms with Gasteiger partial charge in [-0.15, -0.1) is 0 Å². The Morgan fingerprint density at radius 2 is 1.71 bits per heavy atom. The Morgan fingerprint density at radius 1 is 1.00 bits per heavy atom. The van der Waals surface area contributed by atoms with E-state index in [0.717, 1.165) is 12.1 Å². The molecule has 0 fully saturated rings. The van der Waals surface area contributed by atoms with E-state index in [4.69, 9.17) is 12.2 Å². The third kappa shape index (κ3) is 4.51. The van der Waals surface area contributed by atoms with Crippen LogP contribution in [-0.2, 0) is 0 Å². The van der Waals surface area contributed by atoms with Gasteiger partial charge in [-0.05, 0) is 55.2 Å². The Kier molecular flexibility index (Phi) is 5.89. The molecule has 0 radical (unpaired) electrons. The lowest BCUT2D eigenvalue weighted by atomic mass is 9.92. The van der Waals surface area contributed by atoms with E-state index in [2.05, 4.69) is 56.5 Å². The average Bonchev–Trinajstić information content (AvgIpc) is 2.49. The van der Waals surface area contributed by atoms with E-state index >= 15 is 0 Å². The van der Waals surface area contributed by atoms with E-state index in [0.29, 0.717) is 16.7 Å². The fourth-order valence-corrected chi connectivity index (χ4v) is 2.91. The molecule has 1 atom stereocenters. The van der Waals surface area contributed by atoms with Crippen molar-refractivity contribution in [3.63, 3.8) is 0 Å². The summed E-state index contributed by atoms with van der Waals surface area (Å²) >= 11 is 5.34. The van der Waals surface area contributed by atoms with Crippen molar-refractivity contribution in [1.82, 2.24) is 5.32 Å². The van der Waals surface area contributed by atoms with Gasteiger partial charge in [-0.1, -0.05) is 37.6 Å². The van der Waals surface area contributed by atoms with Crippen LogP contribution in [0.4, 0.5) is 14.5 Å². The molecule has 0 saturated carbocycles. The van der Waals surface area contributed by atoms with Crippen LogP contribution in [-0.4, -0.2) is 5.11 Å². The molecule has 0 aliphatic heterocycles. The Morgan fingerprint density at radius 3 is 2.29 bits per heavy atom. The molecule has 2 nitrogen and oxygen atoms in total. The molecule has 2 rings (SSSR count). The van der Waals surface area contributed by atoms with E-state index in [9.17, 15) is 8.78 Å². The summed E-state index contributed by atoms with van der Waals surface area (Å²) in [4.78, 5) is 0. The number of anilines is 1. The van der Waals surface area contributed by atoms with Crippen LogP contribution in [0.5, 0.6) is 0 Å². The summed E-state index contributed by atoms with van der Waals surface area (Å²) in [7, 11) is 0. The molecule has 2 aromatic carbocycles. The number of nitrogens with one attached hydrogen (secondary N) is 2. The van der Waals surface area contributed by atoms with Crippen LogP contribution in [0.1, 0.15) is 36.6 Å². The number of hydrogen-bond acceptors (Lipinski definition) is 1. The van der Waals surface area contributed by atoms with Crippen molar-refractivity contribution in [2.75, 3.05) is 5.32 Å². The van der Waals surface area contributed by atoms with Crippen molar-refractivity contribution in [2.24, 2.45) is 5.92 Å². The molecule has 0 heterocycles. The predicted molar refractivity (Wildman–Crippen MR) is 99.2 cm³/mol. The minimum atomic E-state index is -0.905. The second-order valence-electron chi connectivity index (χ2n) is 6.31. The van der Waals surface area contributed by atoms with Crippen molar-refractivity contribution in [3.8, 4) is 0 Å². The highest BCUT2D eigenvalue weighted by atomic mass is 32.1. The van der Waals surface area contributed by atoms with Gasteiger partial charge in [0.25, 0.3) is 0 Å². The van der Waals surface area contributed by atoms with Gasteiger partial charge in [0, 0.05) is 11.8 Å². The minimum absolute atomic E-state index is 0.0240. The molecular formula is C19H22F2N2S. The maximum Gasteiger partial charge on any atom is 0.171 e. The lowest BCUT2D eigenvalue weighted by Crippen LogP contribution is -2.35. The maximum atomic E-state index is 13.3. The van der Waals surface area contributed by atoms with Crippen LogP contribution in [0.25, 0.3) is 0 Å². The molecule has 128 valence electrons. The third-order valence-corrected chi connectivity index (χ3v) is 4.11. The third-order valence-electron chi connectivity index (χ3n) is 3.89. The largest absolute Gasteiger partial charge is 0.355 e.